The second kappa shape index (κ2) is 4.55. The summed E-state index contributed by atoms with van der Waals surface area (Å²) in [6.07, 6.45) is 0. The number of anilines is 1. The van der Waals surface area contributed by atoms with Gasteiger partial charge in [-0.2, -0.15) is 0 Å². The SMILES string of the molecule is Cc1cc(CO)ccc1N1CC(=O)NC(=O)C1. The molecule has 2 amide bonds. The fourth-order valence-corrected chi connectivity index (χ4v) is 1.98. The first-order valence-electron chi connectivity index (χ1n) is 5.38. The molecule has 0 aromatic heterocycles. The van der Waals surface area contributed by atoms with E-state index in [1.165, 1.54) is 0 Å². The van der Waals surface area contributed by atoms with E-state index < -0.39 is 0 Å². The largest absolute Gasteiger partial charge is 0.392 e. The van der Waals surface area contributed by atoms with E-state index in [9.17, 15) is 9.59 Å². The first kappa shape index (κ1) is 11.6. The van der Waals surface area contributed by atoms with Crippen LogP contribution in [-0.2, 0) is 16.2 Å². The van der Waals surface area contributed by atoms with Gasteiger partial charge in [0.05, 0.1) is 19.7 Å². The number of aliphatic hydroxyl groups is 1. The number of hydrogen-bond acceptors (Lipinski definition) is 4. The lowest BCUT2D eigenvalue weighted by Crippen LogP contribution is -2.51. The number of amides is 2. The molecule has 17 heavy (non-hydrogen) atoms. The molecule has 5 nitrogen and oxygen atoms in total. The number of aliphatic hydroxyl groups excluding tert-OH is 1. The molecule has 1 aromatic rings. The number of benzene rings is 1. The van der Waals surface area contributed by atoms with Crippen LogP contribution in [0, 0.1) is 6.92 Å². The molecule has 90 valence electrons. The Hall–Kier alpha value is -1.88. The van der Waals surface area contributed by atoms with Gasteiger partial charge in [-0.25, -0.2) is 0 Å². The van der Waals surface area contributed by atoms with E-state index in [0.717, 1.165) is 16.8 Å². The third kappa shape index (κ3) is 2.45. The minimum absolute atomic E-state index is 0.0134. The lowest BCUT2D eigenvalue weighted by atomic mass is 10.1. The minimum Gasteiger partial charge on any atom is -0.392 e. The van der Waals surface area contributed by atoms with Crippen LogP contribution in [0.3, 0.4) is 0 Å². The summed E-state index contributed by atoms with van der Waals surface area (Å²) in [6, 6.07) is 5.47. The van der Waals surface area contributed by atoms with E-state index in [-0.39, 0.29) is 31.5 Å². The Bertz CT molecular complexity index is 455. The van der Waals surface area contributed by atoms with Crippen molar-refractivity contribution < 1.29 is 14.7 Å². The second-order valence-corrected chi connectivity index (χ2v) is 4.11. The summed E-state index contributed by atoms with van der Waals surface area (Å²) in [5, 5.41) is 11.3. The fourth-order valence-electron chi connectivity index (χ4n) is 1.98. The van der Waals surface area contributed by atoms with Crippen LogP contribution in [0.2, 0.25) is 0 Å². The average Bonchev–Trinajstić information content (AvgIpc) is 2.27. The fraction of sp³-hybridized carbons (Fsp3) is 0.333. The molecule has 0 aliphatic carbocycles. The lowest BCUT2D eigenvalue weighted by Gasteiger charge is -2.28. The number of carbonyl (C=O) groups excluding carboxylic acids is 2. The molecular weight excluding hydrogens is 220 g/mol. The Labute approximate surface area is 99.0 Å². The molecule has 1 aliphatic rings. The van der Waals surface area contributed by atoms with Crippen LogP contribution >= 0.6 is 0 Å². The molecular formula is C12H14N2O3. The molecule has 0 spiro atoms. The third-order valence-corrected chi connectivity index (χ3v) is 2.73. The number of rotatable bonds is 2. The van der Waals surface area contributed by atoms with Gasteiger partial charge in [-0.05, 0) is 24.1 Å². The molecule has 0 saturated carbocycles. The number of nitrogens with zero attached hydrogens (tertiary/aromatic N) is 1. The Balaban J connectivity index is 2.27. The van der Waals surface area contributed by atoms with E-state index in [1.807, 2.05) is 19.1 Å². The van der Waals surface area contributed by atoms with Crippen LogP contribution < -0.4 is 10.2 Å². The summed E-state index contributed by atoms with van der Waals surface area (Å²) in [4.78, 5) is 24.3. The summed E-state index contributed by atoms with van der Waals surface area (Å²) in [5.41, 5.74) is 2.61. The Morgan fingerprint density at radius 3 is 2.47 bits per heavy atom. The third-order valence-electron chi connectivity index (χ3n) is 2.73. The zero-order chi connectivity index (χ0) is 12.4. The van der Waals surface area contributed by atoms with Crippen molar-refractivity contribution in [1.29, 1.82) is 0 Å². The van der Waals surface area contributed by atoms with Crippen molar-refractivity contribution in [2.24, 2.45) is 0 Å². The number of aryl methyl sites for hydroxylation is 1. The zero-order valence-electron chi connectivity index (χ0n) is 9.56. The first-order valence-corrected chi connectivity index (χ1v) is 5.38. The molecule has 0 unspecified atom stereocenters. The molecule has 1 aliphatic heterocycles. The van der Waals surface area contributed by atoms with Gasteiger partial charge >= 0.3 is 0 Å². The Morgan fingerprint density at radius 1 is 1.29 bits per heavy atom. The van der Waals surface area contributed by atoms with E-state index >= 15 is 0 Å². The maximum Gasteiger partial charge on any atom is 0.246 e. The van der Waals surface area contributed by atoms with Crippen LogP contribution in [0.15, 0.2) is 18.2 Å². The molecule has 1 heterocycles. The number of carbonyl (C=O) groups is 2. The van der Waals surface area contributed by atoms with Gasteiger partial charge in [0.15, 0.2) is 0 Å². The summed E-state index contributed by atoms with van der Waals surface area (Å²) < 4.78 is 0. The summed E-state index contributed by atoms with van der Waals surface area (Å²) in [5.74, 6) is -0.571. The highest BCUT2D eigenvalue weighted by molar-refractivity contribution is 6.02. The number of hydrogen-bond donors (Lipinski definition) is 2. The molecule has 0 bridgehead atoms. The molecule has 1 saturated heterocycles. The van der Waals surface area contributed by atoms with E-state index in [0.29, 0.717) is 0 Å². The second-order valence-electron chi connectivity index (χ2n) is 4.11. The predicted octanol–water partition coefficient (Wildman–Crippen LogP) is -0.0499. The molecule has 2 N–H and O–H groups in total. The van der Waals surface area contributed by atoms with Crippen LogP contribution in [0.4, 0.5) is 5.69 Å². The normalized spacial score (nSPS) is 16.0. The van der Waals surface area contributed by atoms with Crippen molar-refractivity contribution in [1.82, 2.24) is 5.32 Å². The standard InChI is InChI=1S/C12H14N2O3/c1-8-4-9(7-15)2-3-10(8)14-5-11(16)13-12(17)6-14/h2-4,15H,5-7H2,1H3,(H,13,16,17). The molecule has 1 aromatic carbocycles. The van der Waals surface area contributed by atoms with Gasteiger partial charge in [0.25, 0.3) is 0 Å². The maximum atomic E-state index is 11.3. The first-order chi connectivity index (χ1) is 8.10. The molecule has 0 atom stereocenters. The highest BCUT2D eigenvalue weighted by Crippen LogP contribution is 2.21. The molecule has 0 radical (unpaired) electrons. The topological polar surface area (TPSA) is 69.6 Å². The van der Waals surface area contributed by atoms with Crippen molar-refractivity contribution in [2.45, 2.75) is 13.5 Å². The highest BCUT2D eigenvalue weighted by atomic mass is 16.3. The highest BCUT2D eigenvalue weighted by Gasteiger charge is 2.23. The van der Waals surface area contributed by atoms with E-state index in [2.05, 4.69) is 5.32 Å². The molecule has 5 heteroatoms. The van der Waals surface area contributed by atoms with E-state index in [4.69, 9.17) is 5.11 Å². The van der Waals surface area contributed by atoms with Gasteiger partial charge in [0.1, 0.15) is 0 Å². The van der Waals surface area contributed by atoms with Crippen molar-refractivity contribution in [3.63, 3.8) is 0 Å². The van der Waals surface area contributed by atoms with Crippen LogP contribution in [0.1, 0.15) is 11.1 Å². The quantitative estimate of drug-likeness (QED) is 0.704. The van der Waals surface area contributed by atoms with Gasteiger partial charge in [-0.1, -0.05) is 12.1 Å². The van der Waals surface area contributed by atoms with Crippen LogP contribution in [-0.4, -0.2) is 30.0 Å². The van der Waals surface area contributed by atoms with Crippen molar-refractivity contribution >= 4 is 17.5 Å². The molecule has 2 rings (SSSR count). The van der Waals surface area contributed by atoms with Crippen molar-refractivity contribution in [3.05, 3.63) is 29.3 Å². The van der Waals surface area contributed by atoms with Crippen LogP contribution in [0.5, 0.6) is 0 Å². The number of nitrogens with one attached hydrogen (secondary N) is 1. The summed E-state index contributed by atoms with van der Waals surface area (Å²) in [7, 11) is 0. The van der Waals surface area contributed by atoms with Gasteiger partial charge in [0.2, 0.25) is 11.8 Å². The smallest absolute Gasteiger partial charge is 0.246 e. The van der Waals surface area contributed by atoms with Gasteiger partial charge in [-0.3, -0.25) is 14.9 Å². The van der Waals surface area contributed by atoms with Crippen molar-refractivity contribution in [2.75, 3.05) is 18.0 Å². The summed E-state index contributed by atoms with van der Waals surface area (Å²) >= 11 is 0. The van der Waals surface area contributed by atoms with Crippen LogP contribution in [0.25, 0.3) is 0 Å². The minimum atomic E-state index is -0.285. The lowest BCUT2D eigenvalue weighted by molar-refractivity contribution is -0.130. The maximum absolute atomic E-state index is 11.3. The predicted molar refractivity (Wildman–Crippen MR) is 62.5 cm³/mol. The van der Waals surface area contributed by atoms with E-state index in [1.54, 1.807) is 11.0 Å². The number of piperazine rings is 1. The Kier molecular flexibility index (Phi) is 3.10. The Morgan fingerprint density at radius 2 is 1.94 bits per heavy atom. The zero-order valence-corrected chi connectivity index (χ0v) is 9.56. The molecule has 1 fully saturated rings. The average molecular weight is 234 g/mol. The monoisotopic (exact) mass is 234 g/mol. The summed E-state index contributed by atoms with van der Waals surface area (Å²) in [6.45, 7) is 2.25. The number of imide groups is 1. The van der Waals surface area contributed by atoms with Crippen molar-refractivity contribution in [3.8, 4) is 0 Å². The van der Waals surface area contributed by atoms with Gasteiger partial charge < -0.3 is 10.0 Å². The van der Waals surface area contributed by atoms with Gasteiger partial charge in [0, 0.05) is 5.69 Å². The van der Waals surface area contributed by atoms with Gasteiger partial charge in [-0.15, -0.1) is 0 Å².